The maximum atomic E-state index is 12.7. The van der Waals surface area contributed by atoms with Crippen LogP contribution in [0.5, 0.6) is 11.5 Å². The quantitative estimate of drug-likeness (QED) is 0.332. The van der Waals surface area contributed by atoms with Crippen LogP contribution in [0, 0.1) is 6.92 Å². The number of carboxylic acids is 2. The normalized spacial score (nSPS) is 12.2. The van der Waals surface area contributed by atoms with Gasteiger partial charge in [-0.1, -0.05) is 42.5 Å². The van der Waals surface area contributed by atoms with Crippen molar-refractivity contribution in [1.29, 1.82) is 0 Å². The molecule has 0 saturated carbocycles. The lowest BCUT2D eigenvalue weighted by Gasteiger charge is -2.23. The molecule has 3 rings (SSSR count). The summed E-state index contributed by atoms with van der Waals surface area (Å²) in [7, 11) is 1.32. The van der Waals surface area contributed by atoms with Gasteiger partial charge in [0.15, 0.2) is 5.78 Å². The van der Waals surface area contributed by atoms with Gasteiger partial charge in [0.1, 0.15) is 17.1 Å². The number of methoxy groups -OCH3 is 1. The molecule has 0 saturated heterocycles. The van der Waals surface area contributed by atoms with Gasteiger partial charge in [-0.15, -0.1) is 0 Å². The van der Waals surface area contributed by atoms with Gasteiger partial charge in [0, 0.05) is 11.1 Å². The monoisotopic (exact) mass is 478 g/mol. The van der Waals surface area contributed by atoms with E-state index < -0.39 is 30.1 Å². The van der Waals surface area contributed by atoms with Gasteiger partial charge in [0.05, 0.1) is 7.11 Å². The van der Waals surface area contributed by atoms with Crippen LogP contribution in [0.4, 0.5) is 0 Å². The molecule has 0 radical (unpaired) electrons. The number of hydrogen-bond donors (Lipinski definition) is 2. The van der Waals surface area contributed by atoms with E-state index in [2.05, 4.69) is 0 Å². The number of ketones is 1. The van der Waals surface area contributed by atoms with Crippen molar-refractivity contribution in [3.05, 3.63) is 95.1 Å². The van der Waals surface area contributed by atoms with E-state index in [1.54, 1.807) is 43.3 Å². The minimum absolute atomic E-state index is 0.0154. The van der Waals surface area contributed by atoms with Crippen LogP contribution < -0.4 is 9.47 Å². The molecule has 9 nitrogen and oxygen atoms in total. The lowest BCUT2D eigenvalue weighted by molar-refractivity contribution is -0.164. The molecule has 0 aliphatic rings. The van der Waals surface area contributed by atoms with Crippen molar-refractivity contribution < 1.29 is 43.6 Å². The van der Waals surface area contributed by atoms with Crippen molar-refractivity contribution in [2.24, 2.45) is 0 Å². The fraction of sp³-hybridized carbons (Fsp3) is 0.154. The molecule has 0 heterocycles. The topological polar surface area (TPSA) is 136 Å². The van der Waals surface area contributed by atoms with E-state index in [-0.39, 0.29) is 22.8 Å². The number of carbonyl (C=O) groups is 4. The zero-order chi connectivity index (χ0) is 25.5. The van der Waals surface area contributed by atoms with Crippen LogP contribution in [0.1, 0.15) is 31.8 Å². The number of carboxylic acid groups (broad SMARTS) is 2. The molecule has 2 unspecified atom stereocenters. The Balaban J connectivity index is 1.85. The molecule has 0 fully saturated rings. The highest BCUT2D eigenvalue weighted by atomic mass is 16.6. The van der Waals surface area contributed by atoms with Gasteiger partial charge in [0.2, 0.25) is 12.2 Å². The summed E-state index contributed by atoms with van der Waals surface area (Å²) in [5.74, 6) is -4.57. The van der Waals surface area contributed by atoms with Gasteiger partial charge in [-0.2, -0.15) is 0 Å². The van der Waals surface area contributed by atoms with Crippen molar-refractivity contribution in [3.63, 3.8) is 0 Å². The smallest absolute Gasteiger partial charge is 0.349 e. The van der Waals surface area contributed by atoms with E-state index >= 15 is 0 Å². The third kappa shape index (κ3) is 5.83. The minimum atomic E-state index is -2.17. The molecule has 0 aromatic heterocycles. The van der Waals surface area contributed by atoms with Crippen LogP contribution in [0.15, 0.2) is 72.8 Å². The first kappa shape index (κ1) is 25.0. The number of benzene rings is 3. The fourth-order valence-electron chi connectivity index (χ4n) is 3.29. The van der Waals surface area contributed by atoms with E-state index in [0.717, 1.165) is 0 Å². The Hall–Kier alpha value is -4.66. The van der Waals surface area contributed by atoms with Crippen molar-refractivity contribution in [2.75, 3.05) is 7.11 Å². The number of rotatable bonds is 10. The molecule has 3 aromatic carbocycles. The maximum absolute atomic E-state index is 12.7. The second-order valence-electron chi connectivity index (χ2n) is 7.42. The summed E-state index contributed by atoms with van der Waals surface area (Å²) in [4.78, 5) is 49.0. The zero-order valence-corrected chi connectivity index (χ0v) is 18.8. The molecular formula is C26H22O9. The number of aryl methyl sites for hydroxylation is 1. The summed E-state index contributed by atoms with van der Waals surface area (Å²) in [6.45, 7) is 1.58. The standard InChI is InChI=1S/C26H22O9/c1-15-14-17(21(27)16-8-4-3-5-9-16)12-13-19(15)34-22(24(28)29)23(25(30)31)35-26(32)18-10-6-7-11-20(18)33-2/h3-14,22-23H,1-2H3,(H,28,29)(H,30,31). The summed E-state index contributed by atoms with van der Waals surface area (Å²) in [5.41, 5.74) is 1.12. The number of aliphatic carboxylic acids is 2. The highest BCUT2D eigenvalue weighted by Gasteiger charge is 2.40. The van der Waals surface area contributed by atoms with Crippen molar-refractivity contribution in [2.45, 2.75) is 19.1 Å². The Morgan fingerprint density at radius 1 is 0.743 bits per heavy atom. The number of esters is 1. The van der Waals surface area contributed by atoms with Crippen molar-refractivity contribution >= 4 is 23.7 Å². The molecule has 0 spiro atoms. The predicted octanol–water partition coefficient (Wildman–Crippen LogP) is 3.38. The first-order valence-electron chi connectivity index (χ1n) is 10.4. The molecular weight excluding hydrogens is 456 g/mol. The minimum Gasteiger partial charge on any atom is -0.496 e. The molecule has 3 aromatic rings. The number of ether oxygens (including phenoxy) is 3. The molecule has 2 N–H and O–H groups in total. The summed E-state index contributed by atoms with van der Waals surface area (Å²) in [5, 5.41) is 19.3. The lowest BCUT2D eigenvalue weighted by Crippen LogP contribution is -2.46. The highest BCUT2D eigenvalue weighted by molar-refractivity contribution is 6.09. The van der Waals surface area contributed by atoms with Crippen LogP contribution in [0.2, 0.25) is 0 Å². The summed E-state index contributed by atoms with van der Waals surface area (Å²) < 4.78 is 15.5. The van der Waals surface area contributed by atoms with Crippen molar-refractivity contribution in [1.82, 2.24) is 0 Å². The van der Waals surface area contributed by atoms with Crippen LogP contribution in [0.3, 0.4) is 0 Å². The summed E-state index contributed by atoms with van der Waals surface area (Å²) >= 11 is 0. The van der Waals surface area contributed by atoms with Crippen LogP contribution in [-0.4, -0.2) is 53.2 Å². The average molecular weight is 478 g/mol. The number of carbonyl (C=O) groups excluding carboxylic acids is 2. The summed E-state index contributed by atoms with van der Waals surface area (Å²) in [6.07, 6.45) is -4.24. The predicted molar refractivity (Wildman–Crippen MR) is 123 cm³/mol. The molecule has 0 aliphatic heterocycles. The molecule has 0 aliphatic carbocycles. The zero-order valence-electron chi connectivity index (χ0n) is 18.8. The molecule has 0 amide bonds. The Kier molecular flexibility index (Phi) is 7.83. The van der Waals surface area contributed by atoms with E-state index in [1.807, 2.05) is 0 Å². The van der Waals surface area contributed by atoms with Crippen molar-refractivity contribution in [3.8, 4) is 11.5 Å². The lowest BCUT2D eigenvalue weighted by atomic mass is 10.0. The molecule has 2 atom stereocenters. The highest BCUT2D eigenvalue weighted by Crippen LogP contribution is 2.25. The first-order chi connectivity index (χ1) is 16.7. The van der Waals surface area contributed by atoms with E-state index in [0.29, 0.717) is 16.7 Å². The van der Waals surface area contributed by atoms with Gasteiger partial charge >= 0.3 is 17.9 Å². The van der Waals surface area contributed by atoms with E-state index in [1.165, 1.54) is 43.5 Å². The Morgan fingerprint density at radius 3 is 1.97 bits per heavy atom. The van der Waals surface area contributed by atoms with Gasteiger partial charge in [-0.05, 0) is 42.8 Å². The Labute approximate surface area is 200 Å². The van der Waals surface area contributed by atoms with Gasteiger partial charge in [-0.3, -0.25) is 4.79 Å². The maximum Gasteiger partial charge on any atom is 0.349 e. The largest absolute Gasteiger partial charge is 0.496 e. The Morgan fingerprint density at radius 2 is 1.37 bits per heavy atom. The molecule has 35 heavy (non-hydrogen) atoms. The number of hydrogen-bond acceptors (Lipinski definition) is 7. The van der Waals surface area contributed by atoms with Crippen LogP contribution in [-0.2, 0) is 14.3 Å². The third-order valence-corrected chi connectivity index (χ3v) is 5.05. The average Bonchev–Trinajstić information content (AvgIpc) is 2.86. The van der Waals surface area contributed by atoms with Gasteiger partial charge in [0.25, 0.3) is 0 Å². The van der Waals surface area contributed by atoms with Crippen LogP contribution in [0.25, 0.3) is 0 Å². The Bertz CT molecular complexity index is 1250. The van der Waals surface area contributed by atoms with Crippen LogP contribution >= 0.6 is 0 Å². The number of para-hydroxylation sites is 1. The summed E-state index contributed by atoms with van der Waals surface area (Å²) in [6, 6.07) is 18.8. The fourth-order valence-corrected chi connectivity index (χ4v) is 3.29. The second-order valence-corrected chi connectivity index (χ2v) is 7.42. The molecule has 180 valence electrons. The molecule has 9 heteroatoms. The first-order valence-corrected chi connectivity index (χ1v) is 10.4. The second kappa shape index (κ2) is 11.0. The van der Waals surface area contributed by atoms with E-state index in [9.17, 15) is 29.4 Å². The van der Waals surface area contributed by atoms with Gasteiger partial charge < -0.3 is 24.4 Å². The SMILES string of the molecule is COc1ccccc1C(=O)OC(C(=O)O)C(Oc1ccc(C(=O)c2ccccc2)cc1C)C(=O)O. The third-order valence-electron chi connectivity index (χ3n) is 5.05. The van der Waals surface area contributed by atoms with Gasteiger partial charge in [-0.25, -0.2) is 14.4 Å². The van der Waals surface area contributed by atoms with E-state index in [4.69, 9.17) is 14.2 Å². The molecule has 0 bridgehead atoms.